The molecule has 2 nitrogen and oxygen atoms in total. The summed E-state index contributed by atoms with van der Waals surface area (Å²) in [5.74, 6) is 0. The summed E-state index contributed by atoms with van der Waals surface area (Å²) in [4.78, 5) is 5.56. The quantitative estimate of drug-likeness (QED) is 0.716. The predicted molar refractivity (Wildman–Crippen MR) is 61.0 cm³/mol. The van der Waals surface area contributed by atoms with Crippen molar-refractivity contribution in [2.45, 2.75) is 25.8 Å². The standard InChI is InChI=1S/C11H16N2S/c1-8-6-9(7-12-11(8)14)10-4-3-5-13(10)2/h6-7,10H,3-5H2,1-2H3,(H,12,14). The zero-order valence-electron chi connectivity index (χ0n) is 8.71. The summed E-state index contributed by atoms with van der Waals surface area (Å²) in [7, 11) is 2.19. The van der Waals surface area contributed by atoms with Gasteiger partial charge in [-0.1, -0.05) is 18.3 Å². The second-order valence-corrected chi connectivity index (χ2v) is 4.49. The van der Waals surface area contributed by atoms with Crippen molar-refractivity contribution in [1.29, 1.82) is 0 Å². The van der Waals surface area contributed by atoms with Gasteiger partial charge in [0, 0.05) is 12.2 Å². The third-order valence-corrected chi connectivity index (χ3v) is 3.46. The Labute approximate surface area is 90.0 Å². The van der Waals surface area contributed by atoms with E-state index < -0.39 is 0 Å². The number of aromatic amines is 1. The van der Waals surface area contributed by atoms with E-state index in [0.29, 0.717) is 6.04 Å². The van der Waals surface area contributed by atoms with Crippen molar-refractivity contribution in [3.8, 4) is 0 Å². The first kappa shape index (κ1) is 9.87. The number of aromatic nitrogens is 1. The van der Waals surface area contributed by atoms with Crippen LogP contribution in [0.4, 0.5) is 0 Å². The summed E-state index contributed by atoms with van der Waals surface area (Å²) in [5.41, 5.74) is 2.55. The molecule has 1 aromatic rings. The van der Waals surface area contributed by atoms with Gasteiger partial charge in [-0.05, 0) is 44.5 Å². The Morgan fingerprint density at radius 3 is 2.93 bits per heavy atom. The van der Waals surface area contributed by atoms with Crippen LogP contribution in [0.15, 0.2) is 12.3 Å². The van der Waals surface area contributed by atoms with Crippen LogP contribution in [0.25, 0.3) is 0 Å². The van der Waals surface area contributed by atoms with Gasteiger partial charge in [0.05, 0.1) is 0 Å². The summed E-state index contributed by atoms with van der Waals surface area (Å²) in [5, 5.41) is 0. The van der Waals surface area contributed by atoms with Gasteiger partial charge >= 0.3 is 0 Å². The molecule has 0 spiro atoms. The first-order valence-corrected chi connectivity index (χ1v) is 5.49. The number of hydrogen-bond acceptors (Lipinski definition) is 2. The van der Waals surface area contributed by atoms with Crippen molar-refractivity contribution in [2.75, 3.05) is 13.6 Å². The maximum Gasteiger partial charge on any atom is 0.106 e. The smallest absolute Gasteiger partial charge is 0.106 e. The van der Waals surface area contributed by atoms with E-state index in [1.54, 1.807) is 0 Å². The molecule has 3 heteroatoms. The Balaban J connectivity index is 2.32. The van der Waals surface area contributed by atoms with Crippen molar-refractivity contribution in [3.05, 3.63) is 28.0 Å². The first-order chi connectivity index (χ1) is 6.68. The monoisotopic (exact) mass is 208 g/mol. The molecular weight excluding hydrogens is 192 g/mol. The molecule has 1 aliphatic heterocycles. The zero-order valence-corrected chi connectivity index (χ0v) is 9.53. The number of hydrogen-bond donors (Lipinski definition) is 1. The van der Waals surface area contributed by atoms with Crippen LogP contribution in [0.5, 0.6) is 0 Å². The summed E-state index contributed by atoms with van der Waals surface area (Å²) >= 11 is 5.15. The lowest BCUT2D eigenvalue weighted by molar-refractivity contribution is 0.317. The van der Waals surface area contributed by atoms with E-state index in [0.717, 1.165) is 4.64 Å². The molecule has 1 atom stereocenters. The maximum atomic E-state index is 5.15. The van der Waals surface area contributed by atoms with Gasteiger partial charge in [0.25, 0.3) is 0 Å². The molecule has 0 radical (unpaired) electrons. The highest BCUT2D eigenvalue weighted by Gasteiger charge is 2.22. The van der Waals surface area contributed by atoms with E-state index in [1.807, 2.05) is 0 Å². The van der Waals surface area contributed by atoms with Gasteiger partial charge in [-0.25, -0.2) is 0 Å². The molecule has 2 heterocycles. The molecule has 1 fully saturated rings. The molecule has 0 aliphatic carbocycles. The maximum absolute atomic E-state index is 5.15. The van der Waals surface area contributed by atoms with Crippen LogP contribution in [0.3, 0.4) is 0 Å². The molecule has 76 valence electrons. The fourth-order valence-electron chi connectivity index (χ4n) is 2.14. The van der Waals surface area contributed by atoms with E-state index in [9.17, 15) is 0 Å². The number of pyridine rings is 1. The second kappa shape index (κ2) is 3.83. The Kier molecular flexibility index (Phi) is 2.70. The highest BCUT2D eigenvalue weighted by molar-refractivity contribution is 7.71. The van der Waals surface area contributed by atoms with Gasteiger partial charge < -0.3 is 4.98 Å². The Morgan fingerprint density at radius 1 is 1.57 bits per heavy atom. The van der Waals surface area contributed by atoms with Crippen molar-refractivity contribution < 1.29 is 0 Å². The van der Waals surface area contributed by atoms with Crippen LogP contribution in [0.1, 0.15) is 30.0 Å². The number of nitrogens with one attached hydrogen (secondary N) is 1. The fraction of sp³-hybridized carbons (Fsp3) is 0.545. The molecule has 14 heavy (non-hydrogen) atoms. The van der Waals surface area contributed by atoms with Crippen molar-refractivity contribution in [3.63, 3.8) is 0 Å². The lowest BCUT2D eigenvalue weighted by Crippen LogP contribution is -2.17. The second-order valence-electron chi connectivity index (χ2n) is 4.08. The van der Waals surface area contributed by atoms with Gasteiger partial charge in [0.15, 0.2) is 0 Å². The van der Waals surface area contributed by atoms with Gasteiger partial charge in [-0.3, -0.25) is 4.90 Å². The van der Waals surface area contributed by atoms with Crippen LogP contribution in [-0.2, 0) is 0 Å². The topological polar surface area (TPSA) is 19.0 Å². The molecule has 2 rings (SSSR count). The van der Waals surface area contributed by atoms with E-state index in [4.69, 9.17) is 12.2 Å². The molecule has 1 unspecified atom stereocenters. The summed E-state index contributed by atoms with van der Waals surface area (Å²) in [6, 6.07) is 2.80. The van der Waals surface area contributed by atoms with Crippen LogP contribution in [0.2, 0.25) is 0 Å². The average molecular weight is 208 g/mol. The van der Waals surface area contributed by atoms with E-state index in [2.05, 4.69) is 36.1 Å². The van der Waals surface area contributed by atoms with E-state index in [1.165, 1.54) is 30.5 Å². The first-order valence-electron chi connectivity index (χ1n) is 5.08. The van der Waals surface area contributed by atoms with Crippen molar-refractivity contribution >= 4 is 12.2 Å². The minimum atomic E-state index is 0.584. The fourth-order valence-corrected chi connectivity index (χ4v) is 2.26. The lowest BCUT2D eigenvalue weighted by atomic mass is 10.1. The molecule has 0 aromatic carbocycles. The molecular formula is C11H16N2S. The number of H-pyrrole nitrogens is 1. The Hall–Kier alpha value is -0.670. The van der Waals surface area contributed by atoms with Crippen molar-refractivity contribution in [1.82, 2.24) is 9.88 Å². The molecule has 1 aromatic heterocycles. The van der Waals surface area contributed by atoms with Crippen LogP contribution >= 0.6 is 12.2 Å². The number of aryl methyl sites for hydroxylation is 1. The van der Waals surface area contributed by atoms with Crippen LogP contribution in [-0.4, -0.2) is 23.5 Å². The van der Waals surface area contributed by atoms with Gasteiger partial charge in [0.1, 0.15) is 4.64 Å². The van der Waals surface area contributed by atoms with Gasteiger partial charge in [-0.15, -0.1) is 0 Å². The van der Waals surface area contributed by atoms with Crippen LogP contribution < -0.4 is 0 Å². The largest absolute Gasteiger partial charge is 0.352 e. The highest BCUT2D eigenvalue weighted by Crippen LogP contribution is 2.30. The molecule has 1 saturated heterocycles. The SMILES string of the molecule is Cc1cc(C2CCCN2C)c[nH]c1=S. The Morgan fingerprint density at radius 2 is 2.36 bits per heavy atom. The number of rotatable bonds is 1. The highest BCUT2D eigenvalue weighted by atomic mass is 32.1. The average Bonchev–Trinajstić information content (AvgIpc) is 2.57. The minimum absolute atomic E-state index is 0.584. The molecule has 0 bridgehead atoms. The zero-order chi connectivity index (χ0) is 10.1. The molecule has 1 aliphatic rings. The van der Waals surface area contributed by atoms with Crippen molar-refractivity contribution in [2.24, 2.45) is 0 Å². The molecule has 0 amide bonds. The summed E-state index contributed by atoms with van der Waals surface area (Å²) in [6.45, 7) is 3.27. The third kappa shape index (κ3) is 1.74. The predicted octanol–water partition coefficient (Wildman–Crippen LogP) is 2.82. The van der Waals surface area contributed by atoms with E-state index in [-0.39, 0.29) is 0 Å². The van der Waals surface area contributed by atoms with E-state index >= 15 is 0 Å². The third-order valence-electron chi connectivity index (χ3n) is 3.02. The van der Waals surface area contributed by atoms with Gasteiger partial charge in [0.2, 0.25) is 0 Å². The number of nitrogens with zero attached hydrogens (tertiary/aromatic N) is 1. The van der Waals surface area contributed by atoms with Crippen LogP contribution in [0, 0.1) is 11.6 Å². The lowest BCUT2D eigenvalue weighted by Gasteiger charge is -2.19. The summed E-state index contributed by atoms with van der Waals surface area (Å²) in [6.07, 6.45) is 4.62. The molecule has 0 saturated carbocycles. The normalized spacial score (nSPS) is 22.9. The Bertz CT molecular complexity index is 383. The summed E-state index contributed by atoms with van der Waals surface area (Å²) < 4.78 is 0.856. The van der Waals surface area contributed by atoms with Gasteiger partial charge in [-0.2, -0.15) is 0 Å². The number of likely N-dealkylation sites (tertiary alicyclic amines) is 1. The molecule has 1 N–H and O–H groups in total. The minimum Gasteiger partial charge on any atom is -0.352 e.